The Kier molecular flexibility index (Phi) is 8.03. The van der Waals surface area contributed by atoms with Gasteiger partial charge in [0.25, 0.3) is 0 Å². The van der Waals surface area contributed by atoms with Crippen LogP contribution in [0.1, 0.15) is 32.6 Å². The molecular weight excluding hydrogens is 408 g/mol. The Bertz CT molecular complexity index is 604. The van der Waals surface area contributed by atoms with Gasteiger partial charge in [-0.15, -0.1) is 0 Å². The maximum atomic E-state index is 12.3. The van der Waals surface area contributed by atoms with Crippen molar-refractivity contribution in [2.45, 2.75) is 32.6 Å². The summed E-state index contributed by atoms with van der Waals surface area (Å²) in [5, 5.41) is 0.550. The van der Waals surface area contributed by atoms with Crippen molar-refractivity contribution < 1.29 is 14.3 Å². The van der Waals surface area contributed by atoms with Crippen LogP contribution in [-0.2, 0) is 9.59 Å². The fourth-order valence-electron chi connectivity index (χ4n) is 2.73. The van der Waals surface area contributed by atoms with Crippen molar-refractivity contribution in [3.63, 3.8) is 0 Å². The molecule has 1 heterocycles. The van der Waals surface area contributed by atoms with Crippen molar-refractivity contribution in [1.29, 1.82) is 0 Å². The Morgan fingerprint density at radius 1 is 1.12 bits per heavy atom. The van der Waals surface area contributed by atoms with Crippen LogP contribution in [0.25, 0.3) is 0 Å². The van der Waals surface area contributed by atoms with Gasteiger partial charge in [-0.25, -0.2) is 0 Å². The van der Waals surface area contributed by atoms with Crippen LogP contribution in [0.4, 0.5) is 0 Å². The molecule has 0 radical (unpaired) electrons. The lowest BCUT2D eigenvalue weighted by molar-refractivity contribution is -0.139. The summed E-state index contributed by atoms with van der Waals surface area (Å²) >= 11 is 9.44. The molecule has 2 amide bonds. The van der Waals surface area contributed by atoms with Crippen LogP contribution in [-0.4, -0.2) is 54.4 Å². The fourth-order valence-corrected chi connectivity index (χ4v) is 3.46. The zero-order valence-corrected chi connectivity index (χ0v) is 16.8. The van der Waals surface area contributed by atoms with E-state index in [1.807, 2.05) is 22.8 Å². The minimum atomic E-state index is 0.119. The monoisotopic (exact) mass is 430 g/mol. The van der Waals surface area contributed by atoms with Crippen molar-refractivity contribution in [2.24, 2.45) is 0 Å². The molecule has 0 bridgehead atoms. The Morgan fingerprint density at radius 2 is 1.72 bits per heavy atom. The molecule has 0 N–H and O–H groups in total. The predicted octanol–water partition coefficient (Wildman–Crippen LogP) is 3.73. The first-order chi connectivity index (χ1) is 12.0. The summed E-state index contributed by atoms with van der Waals surface area (Å²) in [7, 11) is 0. The van der Waals surface area contributed by atoms with Gasteiger partial charge in [0.15, 0.2) is 0 Å². The Morgan fingerprint density at radius 3 is 2.28 bits per heavy atom. The van der Waals surface area contributed by atoms with Gasteiger partial charge in [0.05, 0.1) is 11.6 Å². The van der Waals surface area contributed by atoms with Gasteiger partial charge in [-0.3, -0.25) is 9.59 Å². The first kappa shape index (κ1) is 20.0. The first-order valence-electron chi connectivity index (χ1n) is 8.64. The van der Waals surface area contributed by atoms with Crippen LogP contribution in [0.15, 0.2) is 22.7 Å². The third-order valence-electron chi connectivity index (χ3n) is 4.14. The summed E-state index contributed by atoms with van der Waals surface area (Å²) in [4.78, 5) is 27.8. The molecule has 25 heavy (non-hydrogen) atoms. The maximum Gasteiger partial charge on any atom is 0.222 e. The number of carbonyl (C=O) groups excluding carboxylic acids is 2. The molecule has 1 aliphatic rings. The Labute approximate surface area is 162 Å². The molecule has 1 aromatic carbocycles. The first-order valence-corrected chi connectivity index (χ1v) is 9.81. The van der Waals surface area contributed by atoms with Crippen LogP contribution in [0, 0.1) is 0 Å². The van der Waals surface area contributed by atoms with Gasteiger partial charge in [-0.2, -0.15) is 0 Å². The van der Waals surface area contributed by atoms with E-state index in [1.165, 1.54) is 0 Å². The van der Waals surface area contributed by atoms with Crippen molar-refractivity contribution in [2.75, 3.05) is 32.8 Å². The minimum absolute atomic E-state index is 0.119. The van der Waals surface area contributed by atoms with Crippen molar-refractivity contribution in [3.8, 4) is 5.75 Å². The molecule has 7 heteroatoms. The largest absolute Gasteiger partial charge is 0.492 e. The molecule has 1 saturated heterocycles. The van der Waals surface area contributed by atoms with E-state index in [2.05, 4.69) is 15.9 Å². The van der Waals surface area contributed by atoms with Gasteiger partial charge in [-0.05, 0) is 31.0 Å². The van der Waals surface area contributed by atoms with Crippen LogP contribution < -0.4 is 4.74 Å². The van der Waals surface area contributed by atoms with Gasteiger partial charge >= 0.3 is 0 Å². The third-order valence-corrected chi connectivity index (χ3v) is 4.92. The minimum Gasteiger partial charge on any atom is -0.492 e. The molecule has 0 spiro atoms. The summed E-state index contributed by atoms with van der Waals surface area (Å²) in [6, 6.07) is 5.45. The zero-order chi connectivity index (χ0) is 18.2. The second-order valence-corrected chi connectivity index (χ2v) is 7.36. The van der Waals surface area contributed by atoms with E-state index in [0.717, 1.165) is 10.9 Å². The number of benzene rings is 1. The number of hydrogen-bond donors (Lipinski definition) is 0. The molecule has 0 saturated carbocycles. The summed E-state index contributed by atoms with van der Waals surface area (Å²) < 4.78 is 6.53. The van der Waals surface area contributed by atoms with Gasteiger partial charge in [0.2, 0.25) is 11.8 Å². The van der Waals surface area contributed by atoms with E-state index >= 15 is 0 Å². The van der Waals surface area contributed by atoms with Crippen molar-refractivity contribution in [1.82, 2.24) is 9.80 Å². The summed E-state index contributed by atoms with van der Waals surface area (Å²) in [5.74, 6) is 0.933. The average Bonchev–Trinajstić information content (AvgIpc) is 2.60. The second-order valence-electron chi connectivity index (χ2n) is 6.04. The number of halogens is 2. The highest BCUT2D eigenvalue weighted by molar-refractivity contribution is 9.10. The Balaban J connectivity index is 1.67. The summed E-state index contributed by atoms with van der Waals surface area (Å²) in [6.45, 7) is 4.95. The lowest BCUT2D eigenvalue weighted by Crippen LogP contribution is -2.50. The number of nitrogens with zero attached hydrogens (tertiary/aromatic N) is 2. The van der Waals surface area contributed by atoms with Crippen LogP contribution in [0.5, 0.6) is 5.75 Å². The normalized spacial score (nSPS) is 14.5. The van der Waals surface area contributed by atoms with E-state index < -0.39 is 0 Å². The van der Waals surface area contributed by atoms with Gasteiger partial charge in [0, 0.05) is 43.5 Å². The van der Waals surface area contributed by atoms with Crippen LogP contribution >= 0.6 is 27.5 Å². The standard InChI is InChI=1S/C18H24BrClN2O3/c1-2-4-17(23)21-8-10-22(11-9-21)18(24)5-3-12-25-16-7-6-14(19)13-15(16)20/h6-7,13H,2-5,8-12H2,1H3. The van der Waals surface area contributed by atoms with E-state index in [9.17, 15) is 9.59 Å². The van der Waals surface area contributed by atoms with Crippen molar-refractivity contribution >= 4 is 39.3 Å². The maximum absolute atomic E-state index is 12.3. The number of ether oxygens (including phenoxy) is 1. The molecule has 0 atom stereocenters. The van der Waals surface area contributed by atoms with Gasteiger partial charge in [-0.1, -0.05) is 34.5 Å². The lowest BCUT2D eigenvalue weighted by Gasteiger charge is -2.35. The Hall–Kier alpha value is -1.27. The molecule has 1 aromatic rings. The van der Waals surface area contributed by atoms with E-state index in [4.69, 9.17) is 16.3 Å². The molecule has 1 aliphatic heterocycles. The molecular formula is C18H24BrClN2O3. The second kappa shape index (κ2) is 10.0. The van der Waals surface area contributed by atoms with Gasteiger partial charge in [0.1, 0.15) is 5.75 Å². The quantitative estimate of drug-likeness (QED) is 0.618. The predicted molar refractivity (Wildman–Crippen MR) is 102 cm³/mol. The molecule has 1 fully saturated rings. The zero-order valence-electron chi connectivity index (χ0n) is 14.5. The molecule has 2 rings (SSSR count). The fraction of sp³-hybridized carbons (Fsp3) is 0.556. The smallest absolute Gasteiger partial charge is 0.222 e. The highest BCUT2D eigenvalue weighted by atomic mass is 79.9. The average molecular weight is 432 g/mol. The van der Waals surface area contributed by atoms with E-state index in [-0.39, 0.29) is 11.8 Å². The van der Waals surface area contributed by atoms with Crippen LogP contribution in [0.2, 0.25) is 5.02 Å². The highest BCUT2D eigenvalue weighted by Crippen LogP contribution is 2.27. The van der Waals surface area contributed by atoms with E-state index in [0.29, 0.717) is 62.8 Å². The number of rotatable bonds is 7. The SMILES string of the molecule is CCCC(=O)N1CCN(C(=O)CCCOc2ccc(Br)cc2Cl)CC1. The highest BCUT2D eigenvalue weighted by Gasteiger charge is 2.23. The summed E-state index contributed by atoms with van der Waals surface area (Å²) in [6.07, 6.45) is 2.53. The number of amides is 2. The molecule has 5 nitrogen and oxygen atoms in total. The van der Waals surface area contributed by atoms with E-state index in [1.54, 1.807) is 12.1 Å². The third kappa shape index (κ3) is 6.19. The number of piperazine rings is 1. The molecule has 138 valence electrons. The summed E-state index contributed by atoms with van der Waals surface area (Å²) in [5.41, 5.74) is 0. The van der Waals surface area contributed by atoms with Crippen LogP contribution in [0.3, 0.4) is 0 Å². The molecule has 0 aromatic heterocycles. The van der Waals surface area contributed by atoms with Crippen molar-refractivity contribution in [3.05, 3.63) is 27.7 Å². The lowest BCUT2D eigenvalue weighted by atomic mass is 10.2. The number of carbonyl (C=O) groups is 2. The molecule has 0 aliphatic carbocycles. The van der Waals surface area contributed by atoms with Gasteiger partial charge < -0.3 is 14.5 Å². The topological polar surface area (TPSA) is 49.9 Å². The number of hydrogen-bond acceptors (Lipinski definition) is 3. The molecule has 0 unspecified atom stereocenters.